The molecule has 4 aromatic rings. The molecule has 0 atom stereocenters. The Morgan fingerprint density at radius 2 is 1.22 bits per heavy atom. The lowest BCUT2D eigenvalue weighted by Crippen LogP contribution is -2.32. The molecule has 0 aliphatic rings. The van der Waals surface area contributed by atoms with E-state index < -0.39 is 17.9 Å². The molecule has 0 aromatic heterocycles. The molecule has 1 N–H and O–H groups in total. The summed E-state index contributed by atoms with van der Waals surface area (Å²) in [5.74, 6) is -1.67. The van der Waals surface area contributed by atoms with Gasteiger partial charge in [-0.2, -0.15) is 0 Å². The second kappa shape index (κ2) is 18.0. The van der Waals surface area contributed by atoms with Gasteiger partial charge in [-0.05, 0) is 38.5 Å². The third-order valence-electron chi connectivity index (χ3n) is 7.31. The normalized spacial score (nSPS) is 10.5. The van der Waals surface area contributed by atoms with Crippen LogP contribution in [0.2, 0.25) is 0 Å². The number of unbranched alkanes of at least 4 members (excludes halogenated alkanes) is 1. The largest absolute Gasteiger partial charge is 0.507 e. The highest BCUT2D eigenvalue weighted by Gasteiger charge is 2.28. The number of rotatable bonds is 14. The zero-order chi connectivity index (χ0) is 33.5. The molecule has 0 aliphatic heterocycles. The van der Waals surface area contributed by atoms with Crippen molar-refractivity contribution in [2.75, 3.05) is 31.7 Å². The number of carbonyl (C=O) groups is 4. The van der Waals surface area contributed by atoms with Crippen molar-refractivity contribution < 1.29 is 33.8 Å². The molecular weight excluding hydrogens is 582 g/mol. The van der Waals surface area contributed by atoms with Crippen molar-refractivity contribution in [1.29, 1.82) is 0 Å². The average Bonchev–Trinajstić information content (AvgIpc) is 3.10. The molecule has 0 spiro atoms. The molecule has 0 aliphatic carbocycles. The Hall–Kier alpha value is -5.08. The number of esters is 1. The van der Waals surface area contributed by atoms with Gasteiger partial charge in [0.1, 0.15) is 5.75 Å². The lowest BCUT2D eigenvalue weighted by molar-refractivity contribution is 0.0493. The van der Waals surface area contributed by atoms with Crippen LogP contribution in [0.3, 0.4) is 0 Å². The standard InChI is InChI=1S/C22H27NO4.C16H14O3/c1-4-7-14-27-22(26)18-11-9-8-10-17(18)21(25)19-13-12-16(15-20(19)24)23(5-2)6-3;1-19-16(14(17)12-8-4-2-5-9-12)15(18)13-10-6-3-7-11-13/h8-13,15,24H,4-7,14H2,1-3H3;2-11,16H,1H3. The number of Topliss-reactive ketones (excluding diaryl/α,β-unsaturated/α-hetero) is 2. The van der Waals surface area contributed by atoms with E-state index in [-0.39, 0.29) is 34.0 Å². The van der Waals surface area contributed by atoms with Crippen LogP contribution < -0.4 is 4.90 Å². The molecule has 0 unspecified atom stereocenters. The van der Waals surface area contributed by atoms with Crippen molar-refractivity contribution in [2.24, 2.45) is 0 Å². The Balaban J connectivity index is 0.000000266. The van der Waals surface area contributed by atoms with Gasteiger partial charge in [0.25, 0.3) is 0 Å². The number of anilines is 1. The Bertz CT molecular complexity index is 1550. The quantitative estimate of drug-likeness (QED) is 0.0680. The summed E-state index contributed by atoms with van der Waals surface area (Å²) < 4.78 is 10.3. The van der Waals surface area contributed by atoms with Crippen LogP contribution in [0.25, 0.3) is 0 Å². The van der Waals surface area contributed by atoms with E-state index in [9.17, 15) is 24.3 Å². The fraction of sp³-hybridized carbons (Fsp3) is 0.263. The minimum atomic E-state index is -1.09. The van der Waals surface area contributed by atoms with Crippen LogP contribution in [0.15, 0.2) is 103 Å². The van der Waals surface area contributed by atoms with Crippen molar-refractivity contribution in [3.8, 4) is 5.75 Å². The summed E-state index contributed by atoms with van der Waals surface area (Å²) in [6.45, 7) is 7.99. The van der Waals surface area contributed by atoms with Crippen molar-refractivity contribution in [2.45, 2.75) is 39.7 Å². The van der Waals surface area contributed by atoms with E-state index in [0.717, 1.165) is 31.6 Å². The van der Waals surface area contributed by atoms with E-state index in [2.05, 4.69) is 4.90 Å². The molecular formula is C38H41NO7. The van der Waals surface area contributed by atoms with E-state index in [4.69, 9.17) is 9.47 Å². The maximum absolute atomic E-state index is 13.0. The number of phenols is 1. The van der Waals surface area contributed by atoms with Crippen LogP contribution in [-0.2, 0) is 9.47 Å². The number of hydrogen-bond acceptors (Lipinski definition) is 8. The number of aromatic hydroxyl groups is 1. The van der Waals surface area contributed by atoms with Gasteiger partial charge >= 0.3 is 5.97 Å². The first-order valence-corrected chi connectivity index (χ1v) is 15.4. The minimum absolute atomic E-state index is 0.0986. The molecule has 0 saturated heterocycles. The Kier molecular flexibility index (Phi) is 13.9. The molecule has 4 aromatic carbocycles. The van der Waals surface area contributed by atoms with Gasteiger partial charge in [-0.3, -0.25) is 14.4 Å². The molecule has 4 rings (SSSR count). The molecule has 240 valence electrons. The van der Waals surface area contributed by atoms with Crippen LogP contribution >= 0.6 is 0 Å². The number of benzene rings is 4. The van der Waals surface area contributed by atoms with Gasteiger partial charge in [-0.15, -0.1) is 0 Å². The van der Waals surface area contributed by atoms with E-state index in [1.54, 1.807) is 84.9 Å². The van der Waals surface area contributed by atoms with Gasteiger partial charge in [0.2, 0.25) is 0 Å². The Morgan fingerprint density at radius 3 is 1.70 bits per heavy atom. The van der Waals surface area contributed by atoms with Crippen molar-refractivity contribution >= 4 is 29.0 Å². The first-order chi connectivity index (χ1) is 22.3. The number of nitrogens with zero attached hydrogens (tertiary/aromatic N) is 1. The SMILES string of the molecule is CCCCOC(=O)c1ccccc1C(=O)c1ccc(N(CC)CC)cc1O.COC(C(=O)c1ccccc1)C(=O)c1ccccc1. The minimum Gasteiger partial charge on any atom is -0.507 e. The second-order valence-electron chi connectivity index (χ2n) is 10.3. The predicted octanol–water partition coefficient (Wildman–Crippen LogP) is 7.19. The van der Waals surface area contributed by atoms with Crippen LogP contribution in [0, 0.1) is 0 Å². The number of carbonyl (C=O) groups excluding carboxylic acids is 4. The molecule has 0 heterocycles. The maximum Gasteiger partial charge on any atom is 0.338 e. The van der Waals surface area contributed by atoms with Gasteiger partial charge < -0.3 is 19.5 Å². The molecule has 0 saturated carbocycles. The fourth-order valence-electron chi connectivity index (χ4n) is 4.73. The van der Waals surface area contributed by atoms with E-state index in [1.807, 2.05) is 39.0 Å². The smallest absolute Gasteiger partial charge is 0.338 e. The summed E-state index contributed by atoms with van der Waals surface area (Å²) in [6, 6.07) is 28.9. The lowest BCUT2D eigenvalue weighted by Gasteiger charge is -2.21. The number of methoxy groups -OCH3 is 1. The molecule has 0 radical (unpaired) electrons. The molecule has 8 heteroatoms. The summed E-state index contributed by atoms with van der Waals surface area (Å²) in [5, 5.41) is 10.4. The van der Waals surface area contributed by atoms with Crippen molar-refractivity contribution in [3.05, 3.63) is 131 Å². The van der Waals surface area contributed by atoms with Gasteiger partial charge in [0, 0.05) is 48.6 Å². The second-order valence-corrected chi connectivity index (χ2v) is 10.3. The van der Waals surface area contributed by atoms with Gasteiger partial charge in [0.15, 0.2) is 23.5 Å². The number of phenolic OH excluding ortho intramolecular Hbond substituents is 1. The molecule has 0 amide bonds. The monoisotopic (exact) mass is 623 g/mol. The van der Waals surface area contributed by atoms with Crippen LogP contribution in [0.1, 0.15) is 80.6 Å². The van der Waals surface area contributed by atoms with Gasteiger partial charge in [-0.1, -0.05) is 92.2 Å². The summed E-state index contributed by atoms with van der Waals surface area (Å²) in [5.41, 5.74) is 2.40. The van der Waals surface area contributed by atoms with Crippen molar-refractivity contribution in [1.82, 2.24) is 0 Å². The predicted molar refractivity (Wildman–Crippen MR) is 179 cm³/mol. The summed E-state index contributed by atoms with van der Waals surface area (Å²) >= 11 is 0. The number of ether oxygens (including phenoxy) is 2. The average molecular weight is 624 g/mol. The molecule has 0 bridgehead atoms. The first kappa shape index (κ1) is 35.4. The molecule has 46 heavy (non-hydrogen) atoms. The third kappa shape index (κ3) is 9.22. The van der Waals surface area contributed by atoms with Crippen LogP contribution in [0.4, 0.5) is 5.69 Å². The summed E-state index contributed by atoms with van der Waals surface area (Å²) in [6.07, 6.45) is 0.598. The summed E-state index contributed by atoms with van der Waals surface area (Å²) in [4.78, 5) is 51.9. The maximum atomic E-state index is 13.0. The zero-order valence-electron chi connectivity index (χ0n) is 26.8. The highest BCUT2D eigenvalue weighted by Crippen LogP contribution is 2.28. The zero-order valence-corrected chi connectivity index (χ0v) is 26.8. The highest BCUT2D eigenvalue weighted by atomic mass is 16.5. The highest BCUT2D eigenvalue weighted by molar-refractivity contribution is 6.18. The first-order valence-electron chi connectivity index (χ1n) is 15.4. The molecule has 0 fully saturated rings. The summed E-state index contributed by atoms with van der Waals surface area (Å²) in [7, 11) is 1.37. The Morgan fingerprint density at radius 1 is 0.696 bits per heavy atom. The molecule has 8 nitrogen and oxygen atoms in total. The topological polar surface area (TPSA) is 110 Å². The third-order valence-corrected chi connectivity index (χ3v) is 7.31. The van der Waals surface area contributed by atoms with E-state index in [1.165, 1.54) is 7.11 Å². The van der Waals surface area contributed by atoms with Gasteiger partial charge in [0.05, 0.1) is 17.7 Å². The Labute approximate surface area is 270 Å². The van der Waals surface area contributed by atoms with Crippen LogP contribution in [0.5, 0.6) is 5.75 Å². The number of ketones is 3. The van der Waals surface area contributed by atoms with Crippen molar-refractivity contribution in [3.63, 3.8) is 0 Å². The fourth-order valence-corrected chi connectivity index (χ4v) is 4.73. The lowest BCUT2D eigenvalue weighted by atomic mass is 9.97. The van der Waals surface area contributed by atoms with Crippen LogP contribution in [-0.4, -0.2) is 61.3 Å². The number of hydrogen-bond donors (Lipinski definition) is 1. The van der Waals surface area contributed by atoms with Gasteiger partial charge in [-0.25, -0.2) is 4.79 Å². The van der Waals surface area contributed by atoms with E-state index >= 15 is 0 Å². The van der Waals surface area contributed by atoms with E-state index in [0.29, 0.717) is 17.7 Å².